The number of rotatable bonds is 4. The van der Waals surface area contributed by atoms with E-state index >= 15 is 0 Å². The predicted molar refractivity (Wildman–Crippen MR) is 256 cm³/mol. The number of hydrogen-bond donors (Lipinski definition) is 0. The molecule has 10 aromatic rings. The Labute approximate surface area is 352 Å². The quantitative estimate of drug-likeness (QED) is 0.157. The Morgan fingerprint density at radius 2 is 0.667 bits per heavy atom. The Bertz CT molecular complexity index is 3410. The highest BCUT2D eigenvalue weighted by molar-refractivity contribution is 6.26. The summed E-state index contributed by atoms with van der Waals surface area (Å²) in [4.78, 5) is 0. The Hall–Kier alpha value is -7.02. The van der Waals surface area contributed by atoms with E-state index in [1.807, 2.05) is 0 Å². The van der Waals surface area contributed by atoms with Crippen LogP contribution in [0.3, 0.4) is 0 Å². The summed E-state index contributed by atoms with van der Waals surface area (Å²) in [6.45, 7) is 9.46. The predicted octanol–water partition coefficient (Wildman–Crippen LogP) is 16.4. The van der Waals surface area contributed by atoms with Gasteiger partial charge in [-0.05, 0) is 146 Å². The van der Waals surface area contributed by atoms with Gasteiger partial charge < -0.3 is 0 Å². The fourth-order valence-electron chi connectivity index (χ4n) is 11.1. The summed E-state index contributed by atoms with van der Waals surface area (Å²) >= 11 is 0. The van der Waals surface area contributed by atoms with Crippen LogP contribution in [0, 0.1) is 0 Å². The van der Waals surface area contributed by atoms with Gasteiger partial charge in [-0.25, -0.2) is 0 Å². The third kappa shape index (κ3) is 4.98. The van der Waals surface area contributed by atoms with E-state index in [1.165, 1.54) is 121 Å². The van der Waals surface area contributed by atoms with Crippen molar-refractivity contribution < 1.29 is 0 Å². The minimum absolute atomic E-state index is 0.0278. The van der Waals surface area contributed by atoms with Crippen molar-refractivity contribution in [3.05, 3.63) is 216 Å². The van der Waals surface area contributed by atoms with Crippen LogP contribution < -0.4 is 0 Å². The van der Waals surface area contributed by atoms with Crippen LogP contribution in [0.2, 0.25) is 0 Å². The average Bonchev–Trinajstić information content (AvgIpc) is 3.68. The van der Waals surface area contributed by atoms with Gasteiger partial charge >= 0.3 is 0 Å². The first-order chi connectivity index (χ1) is 29.3. The van der Waals surface area contributed by atoms with Gasteiger partial charge in [0.2, 0.25) is 0 Å². The second-order valence-corrected chi connectivity index (χ2v) is 18.0. The molecule has 0 atom stereocenters. The minimum atomic E-state index is -0.0730. The lowest BCUT2D eigenvalue weighted by Gasteiger charge is -2.24. The summed E-state index contributed by atoms with van der Waals surface area (Å²) in [6, 6.07) is 73.0. The molecule has 0 N–H and O–H groups in total. The van der Waals surface area contributed by atoms with Crippen LogP contribution in [0.4, 0.5) is 0 Å². The first kappa shape index (κ1) is 35.0. The summed E-state index contributed by atoms with van der Waals surface area (Å²) in [7, 11) is 0. The highest BCUT2D eigenvalue weighted by Gasteiger charge is 2.38. The van der Waals surface area contributed by atoms with Gasteiger partial charge in [0.1, 0.15) is 0 Å². The number of hydrogen-bond acceptors (Lipinski definition) is 0. The zero-order chi connectivity index (χ0) is 40.3. The lowest BCUT2D eigenvalue weighted by atomic mass is 9.78. The molecule has 0 unspecified atom stereocenters. The molecule has 0 heterocycles. The van der Waals surface area contributed by atoms with Gasteiger partial charge in [0.15, 0.2) is 0 Å². The maximum absolute atomic E-state index is 2.42. The average molecular weight is 765 g/mol. The molecule has 0 fully saturated rings. The SMILES string of the molecule is CC1(C)c2ccccc2-c2c(-c3cccc(-c4ccc5c6ccc(-c7cccc(-c8cccc9c8C(C)(C)c8ccccc8-9)c7)cc6c6ccccc6c5c4)c3)cccc21. The third-order valence-electron chi connectivity index (χ3n) is 14.0. The third-order valence-corrected chi connectivity index (χ3v) is 14.0. The molecule has 60 heavy (non-hydrogen) atoms. The zero-order valence-corrected chi connectivity index (χ0v) is 34.5. The molecule has 0 amide bonds. The van der Waals surface area contributed by atoms with E-state index in [-0.39, 0.29) is 10.8 Å². The Balaban J connectivity index is 0.955. The molecule has 0 aromatic heterocycles. The molecule has 0 saturated carbocycles. The van der Waals surface area contributed by atoms with Crippen LogP contribution in [-0.4, -0.2) is 0 Å². The number of fused-ring (bicyclic) bond motifs is 12. The molecule has 2 aliphatic carbocycles. The van der Waals surface area contributed by atoms with E-state index in [2.05, 4.69) is 222 Å². The van der Waals surface area contributed by atoms with Crippen molar-refractivity contribution in [2.75, 3.05) is 0 Å². The molecule has 2 aliphatic rings. The van der Waals surface area contributed by atoms with Gasteiger partial charge in [0, 0.05) is 10.8 Å². The van der Waals surface area contributed by atoms with Crippen LogP contribution in [0.5, 0.6) is 0 Å². The van der Waals surface area contributed by atoms with Crippen molar-refractivity contribution in [2.24, 2.45) is 0 Å². The topological polar surface area (TPSA) is 0 Å². The molecular weight excluding hydrogens is 721 g/mol. The van der Waals surface area contributed by atoms with E-state index in [4.69, 9.17) is 0 Å². The molecule has 284 valence electrons. The zero-order valence-electron chi connectivity index (χ0n) is 34.5. The van der Waals surface area contributed by atoms with Crippen LogP contribution >= 0.6 is 0 Å². The van der Waals surface area contributed by atoms with Crippen molar-refractivity contribution >= 4 is 32.3 Å². The summed E-state index contributed by atoms with van der Waals surface area (Å²) in [6.07, 6.45) is 0. The summed E-state index contributed by atoms with van der Waals surface area (Å²) in [5, 5.41) is 7.70. The molecule has 0 bridgehead atoms. The van der Waals surface area contributed by atoms with Crippen molar-refractivity contribution in [1.29, 1.82) is 0 Å². The van der Waals surface area contributed by atoms with Crippen LogP contribution in [0.15, 0.2) is 194 Å². The molecule has 0 saturated heterocycles. The van der Waals surface area contributed by atoms with Crippen molar-refractivity contribution in [1.82, 2.24) is 0 Å². The molecular formula is C60H44. The van der Waals surface area contributed by atoms with E-state index in [0.29, 0.717) is 0 Å². The van der Waals surface area contributed by atoms with Gasteiger partial charge in [0.25, 0.3) is 0 Å². The molecule has 0 heteroatoms. The largest absolute Gasteiger partial charge is 0.0619 e. The Morgan fingerprint density at radius 3 is 1.32 bits per heavy atom. The van der Waals surface area contributed by atoms with Gasteiger partial charge in [-0.15, -0.1) is 0 Å². The summed E-state index contributed by atoms with van der Waals surface area (Å²) in [5.41, 5.74) is 21.0. The molecule has 0 radical (unpaired) electrons. The van der Waals surface area contributed by atoms with E-state index < -0.39 is 0 Å². The fourth-order valence-corrected chi connectivity index (χ4v) is 11.1. The highest BCUT2D eigenvalue weighted by atomic mass is 14.4. The first-order valence-corrected chi connectivity index (χ1v) is 21.3. The van der Waals surface area contributed by atoms with Crippen LogP contribution in [-0.2, 0) is 10.8 Å². The molecule has 0 nitrogen and oxygen atoms in total. The second-order valence-electron chi connectivity index (χ2n) is 18.0. The Morgan fingerprint density at radius 1 is 0.250 bits per heavy atom. The monoisotopic (exact) mass is 764 g/mol. The normalized spacial score (nSPS) is 14.3. The molecule has 0 spiro atoms. The first-order valence-electron chi connectivity index (χ1n) is 21.3. The van der Waals surface area contributed by atoms with Gasteiger partial charge in [-0.3, -0.25) is 0 Å². The van der Waals surface area contributed by atoms with E-state index in [1.54, 1.807) is 0 Å². The maximum atomic E-state index is 2.42. The maximum Gasteiger partial charge on any atom is 0.0165 e. The van der Waals surface area contributed by atoms with Gasteiger partial charge in [-0.1, -0.05) is 198 Å². The lowest BCUT2D eigenvalue weighted by molar-refractivity contribution is 0.660. The van der Waals surface area contributed by atoms with Gasteiger partial charge in [0.05, 0.1) is 0 Å². The van der Waals surface area contributed by atoms with Crippen LogP contribution in [0.25, 0.3) is 99.1 Å². The summed E-state index contributed by atoms with van der Waals surface area (Å²) in [5.74, 6) is 0. The molecule has 12 rings (SSSR count). The molecule has 0 aliphatic heterocycles. The summed E-state index contributed by atoms with van der Waals surface area (Å²) < 4.78 is 0. The smallest absolute Gasteiger partial charge is 0.0165 e. The standard InChI is InChI=1S/C60H44/c1-59(2)55-27-10-8-22-51(55)57-43(23-14-28-56(57)59)41-17-11-15-37(33-41)39-29-31-47-48-32-30-40(36-53(48)46-20-6-5-19-45(46)52(47)35-39)38-16-12-18-42(34-38)44-24-13-25-50-49-21-7-9-26-54(49)60(3,4)58(44)50/h5-36H,1-4H3. The van der Waals surface area contributed by atoms with E-state index in [9.17, 15) is 0 Å². The van der Waals surface area contributed by atoms with Crippen LogP contribution in [0.1, 0.15) is 49.9 Å². The fraction of sp³-hybridized carbons (Fsp3) is 0.100. The number of benzene rings is 10. The second kappa shape index (κ2) is 12.7. The minimum Gasteiger partial charge on any atom is -0.0619 e. The Kier molecular flexibility index (Phi) is 7.42. The van der Waals surface area contributed by atoms with E-state index in [0.717, 1.165) is 0 Å². The van der Waals surface area contributed by atoms with Crippen molar-refractivity contribution in [3.8, 4) is 66.8 Å². The van der Waals surface area contributed by atoms with Crippen molar-refractivity contribution in [2.45, 2.75) is 38.5 Å². The lowest BCUT2D eigenvalue weighted by Crippen LogP contribution is -2.16. The highest BCUT2D eigenvalue weighted by Crippen LogP contribution is 2.54. The van der Waals surface area contributed by atoms with Crippen molar-refractivity contribution in [3.63, 3.8) is 0 Å². The molecule has 10 aromatic carbocycles. The van der Waals surface area contributed by atoms with Gasteiger partial charge in [-0.2, -0.15) is 0 Å².